The summed E-state index contributed by atoms with van der Waals surface area (Å²) in [6, 6.07) is 6.29. The maximum atomic E-state index is 5.72. The zero-order valence-corrected chi connectivity index (χ0v) is 12.4. The van der Waals surface area contributed by atoms with E-state index in [1.165, 1.54) is 16.8 Å². The number of aromatic nitrogens is 2. The van der Waals surface area contributed by atoms with Gasteiger partial charge in [0, 0.05) is 42.8 Å². The maximum Gasteiger partial charge on any atom is 0.127 e. The van der Waals surface area contributed by atoms with E-state index in [1.807, 2.05) is 24.0 Å². The Labute approximate surface area is 120 Å². The molecule has 19 heavy (non-hydrogen) atoms. The molecule has 0 spiro atoms. The minimum atomic E-state index is 0.792. The third-order valence-corrected chi connectivity index (χ3v) is 3.83. The van der Waals surface area contributed by atoms with E-state index in [0.29, 0.717) is 0 Å². The highest BCUT2D eigenvalue weighted by Crippen LogP contribution is 2.32. The Morgan fingerprint density at radius 2 is 2.32 bits per heavy atom. The molecule has 0 saturated heterocycles. The molecule has 1 aromatic carbocycles. The lowest BCUT2D eigenvalue weighted by molar-refractivity contribution is 0.352. The normalized spacial score (nSPS) is 13.4. The summed E-state index contributed by atoms with van der Waals surface area (Å²) in [6.07, 6.45) is 2.82. The summed E-state index contributed by atoms with van der Waals surface area (Å²) in [5.74, 6) is 1.06. The van der Waals surface area contributed by atoms with Gasteiger partial charge in [0.15, 0.2) is 0 Å². The van der Waals surface area contributed by atoms with Gasteiger partial charge in [-0.15, -0.1) is 0 Å². The van der Waals surface area contributed by atoms with Gasteiger partial charge >= 0.3 is 0 Å². The average Bonchev–Trinajstić information content (AvgIpc) is 2.98. The molecule has 0 radical (unpaired) electrons. The molecule has 0 amide bonds. The Kier molecular flexibility index (Phi) is 3.57. The van der Waals surface area contributed by atoms with Crippen LogP contribution in [0.4, 0.5) is 0 Å². The van der Waals surface area contributed by atoms with Gasteiger partial charge in [0.05, 0.1) is 12.3 Å². The lowest BCUT2D eigenvalue weighted by atomic mass is 10.1. The van der Waals surface area contributed by atoms with Crippen LogP contribution in [0.2, 0.25) is 0 Å². The molecule has 100 valence electrons. The number of halogens is 1. The minimum absolute atomic E-state index is 0.792. The number of nitrogens with zero attached hydrogens (tertiary/aromatic N) is 2. The molecule has 0 saturated carbocycles. The quantitative estimate of drug-likeness (QED) is 0.940. The van der Waals surface area contributed by atoms with Gasteiger partial charge in [-0.05, 0) is 23.8 Å². The fourth-order valence-electron chi connectivity index (χ4n) is 2.38. The predicted molar refractivity (Wildman–Crippen MR) is 77.1 cm³/mol. The van der Waals surface area contributed by atoms with E-state index >= 15 is 0 Å². The summed E-state index contributed by atoms with van der Waals surface area (Å²) >= 11 is 3.56. The molecule has 1 aromatic heterocycles. The molecule has 2 heterocycles. The fraction of sp³-hybridized carbons (Fsp3) is 0.357. The van der Waals surface area contributed by atoms with Gasteiger partial charge in [-0.1, -0.05) is 15.9 Å². The Morgan fingerprint density at radius 1 is 1.42 bits per heavy atom. The second kappa shape index (κ2) is 5.35. The van der Waals surface area contributed by atoms with Gasteiger partial charge in [0.25, 0.3) is 0 Å². The molecule has 0 atom stereocenters. The van der Waals surface area contributed by atoms with E-state index in [9.17, 15) is 0 Å². The Balaban J connectivity index is 1.69. The predicted octanol–water partition coefficient (Wildman–Crippen LogP) is 2.41. The topological polar surface area (TPSA) is 39.1 Å². The van der Waals surface area contributed by atoms with Crippen molar-refractivity contribution in [3.8, 4) is 5.75 Å². The van der Waals surface area contributed by atoms with Crippen molar-refractivity contribution in [1.29, 1.82) is 0 Å². The van der Waals surface area contributed by atoms with Gasteiger partial charge in [-0.3, -0.25) is 4.68 Å². The molecule has 0 bridgehead atoms. The summed E-state index contributed by atoms with van der Waals surface area (Å²) < 4.78 is 8.72. The molecule has 4 nitrogen and oxygen atoms in total. The zero-order chi connectivity index (χ0) is 13.2. The van der Waals surface area contributed by atoms with Crippen LogP contribution in [-0.2, 0) is 26.6 Å². The van der Waals surface area contributed by atoms with Crippen molar-refractivity contribution >= 4 is 15.9 Å². The molecule has 0 fully saturated rings. The first-order chi connectivity index (χ1) is 9.24. The van der Waals surface area contributed by atoms with Crippen molar-refractivity contribution in [2.75, 3.05) is 6.61 Å². The van der Waals surface area contributed by atoms with Crippen molar-refractivity contribution in [2.45, 2.75) is 19.5 Å². The van der Waals surface area contributed by atoms with Crippen LogP contribution >= 0.6 is 15.9 Å². The highest BCUT2D eigenvalue weighted by molar-refractivity contribution is 9.10. The van der Waals surface area contributed by atoms with E-state index in [2.05, 4.69) is 38.5 Å². The Morgan fingerprint density at radius 3 is 3.11 bits per heavy atom. The minimum Gasteiger partial charge on any atom is -0.493 e. The van der Waals surface area contributed by atoms with Crippen LogP contribution in [0.15, 0.2) is 28.9 Å². The number of ether oxygens (including phenoxy) is 1. The van der Waals surface area contributed by atoms with E-state index in [4.69, 9.17) is 4.74 Å². The number of rotatable bonds is 4. The van der Waals surface area contributed by atoms with E-state index in [0.717, 1.165) is 36.3 Å². The first-order valence-electron chi connectivity index (χ1n) is 6.36. The van der Waals surface area contributed by atoms with Crippen molar-refractivity contribution in [3.63, 3.8) is 0 Å². The lowest BCUT2D eigenvalue weighted by Crippen LogP contribution is -2.15. The van der Waals surface area contributed by atoms with Gasteiger partial charge in [0.1, 0.15) is 5.75 Å². The summed E-state index contributed by atoms with van der Waals surface area (Å²) in [4.78, 5) is 0. The maximum absolute atomic E-state index is 5.72. The smallest absolute Gasteiger partial charge is 0.127 e. The second-order valence-corrected chi connectivity index (χ2v) is 5.62. The van der Waals surface area contributed by atoms with E-state index in [-0.39, 0.29) is 0 Å². The summed E-state index contributed by atoms with van der Waals surface area (Å²) in [7, 11) is 1.96. The zero-order valence-electron chi connectivity index (χ0n) is 10.8. The molecule has 5 heteroatoms. The van der Waals surface area contributed by atoms with Crippen molar-refractivity contribution in [1.82, 2.24) is 15.1 Å². The largest absolute Gasteiger partial charge is 0.493 e. The molecule has 0 unspecified atom stereocenters. The molecule has 2 aromatic rings. The molecule has 1 aliphatic heterocycles. The highest BCUT2D eigenvalue weighted by atomic mass is 79.9. The monoisotopic (exact) mass is 321 g/mol. The third kappa shape index (κ3) is 2.67. The number of hydrogen-bond donors (Lipinski definition) is 1. The number of nitrogens with one attached hydrogen (secondary N) is 1. The van der Waals surface area contributed by atoms with Crippen LogP contribution in [0, 0.1) is 0 Å². The van der Waals surface area contributed by atoms with E-state index < -0.39 is 0 Å². The molecule has 1 aliphatic rings. The van der Waals surface area contributed by atoms with Crippen LogP contribution in [0.1, 0.15) is 16.8 Å². The molecular weight excluding hydrogens is 306 g/mol. The van der Waals surface area contributed by atoms with Crippen LogP contribution < -0.4 is 10.1 Å². The number of fused-ring (bicyclic) bond motifs is 1. The third-order valence-electron chi connectivity index (χ3n) is 3.37. The fourth-order valence-corrected chi connectivity index (χ4v) is 2.93. The van der Waals surface area contributed by atoms with Crippen LogP contribution in [-0.4, -0.2) is 16.4 Å². The Bertz CT molecular complexity index is 594. The molecule has 0 aliphatic carbocycles. The number of aryl methyl sites for hydroxylation is 1. The number of hydrogen-bond acceptors (Lipinski definition) is 3. The van der Waals surface area contributed by atoms with Crippen LogP contribution in [0.25, 0.3) is 0 Å². The van der Waals surface area contributed by atoms with Crippen molar-refractivity contribution < 1.29 is 4.74 Å². The van der Waals surface area contributed by atoms with Crippen molar-refractivity contribution in [2.24, 2.45) is 7.05 Å². The molecular formula is C14H16BrN3O. The van der Waals surface area contributed by atoms with Gasteiger partial charge in [-0.2, -0.15) is 5.10 Å². The van der Waals surface area contributed by atoms with Crippen molar-refractivity contribution in [3.05, 3.63) is 45.7 Å². The average molecular weight is 322 g/mol. The Hall–Kier alpha value is -1.33. The molecule has 3 rings (SSSR count). The first-order valence-corrected chi connectivity index (χ1v) is 7.15. The standard InChI is InChI=1S/C14H16BrN3O/c1-18-13(2-4-17-18)9-16-8-11-7-12(15)6-10-3-5-19-14(10)11/h2,4,6-7,16H,3,5,8-9H2,1H3. The summed E-state index contributed by atoms with van der Waals surface area (Å²) in [6.45, 7) is 2.39. The summed E-state index contributed by atoms with van der Waals surface area (Å²) in [5.41, 5.74) is 3.68. The lowest BCUT2D eigenvalue weighted by Gasteiger charge is -2.10. The van der Waals surface area contributed by atoms with Gasteiger partial charge in [-0.25, -0.2) is 0 Å². The highest BCUT2D eigenvalue weighted by Gasteiger charge is 2.17. The van der Waals surface area contributed by atoms with Crippen LogP contribution in [0.3, 0.4) is 0 Å². The van der Waals surface area contributed by atoms with Gasteiger partial charge in [0.2, 0.25) is 0 Å². The van der Waals surface area contributed by atoms with Gasteiger partial charge < -0.3 is 10.1 Å². The van der Waals surface area contributed by atoms with Crippen LogP contribution in [0.5, 0.6) is 5.75 Å². The number of benzene rings is 1. The second-order valence-electron chi connectivity index (χ2n) is 4.70. The first kappa shape index (κ1) is 12.7. The van der Waals surface area contributed by atoms with E-state index in [1.54, 1.807) is 0 Å². The molecule has 1 N–H and O–H groups in total. The SMILES string of the molecule is Cn1nccc1CNCc1cc(Br)cc2c1OCC2. The summed E-state index contributed by atoms with van der Waals surface area (Å²) in [5, 5.41) is 7.60.